The van der Waals surface area contributed by atoms with Crippen molar-refractivity contribution >= 4 is 23.2 Å². The zero-order chi connectivity index (χ0) is 21.3. The van der Waals surface area contributed by atoms with Crippen LogP contribution in [0.2, 0.25) is 0 Å². The molecule has 3 aromatic rings. The molecule has 4 heterocycles. The van der Waals surface area contributed by atoms with Gasteiger partial charge < -0.3 is 14.7 Å². The number of aromatic nitrogens is 3. The van der Waals surface area contributed by atoms with Crippen LogP contribution >= 0.6 is 11.3 Å². The van der Waals surface area contributed by atoms with Crippen LogP contribution < -0.4 is 5.32 Å². The lowest BCUT2D eigenvalue weighted by molar-refractivity contribution is -0.131. The Labute approximate surface area is 178 Å². The molecule has 1 unspecified atom stereocenters. The quantitative estimate of drug-likeness (QED) is 0.675. The van der Waals surface area contributed by atoms with Crippen LogP contribution in [0.15, 0.2) is 28.1 Å². The number of likely N-dealkylation sites (tertiary alicyclic amines) is 1. The number of nitrogens with one attached hydrogen (secondary N) is 1. The molecule has 8 nitrogen and oxygen atoms in total. The van der Waals surface area contributed by atoms with Gasteiger partial charge >= 0.3 is 0 Å². The van der Waals surface area contributed by atoms with Crippen molar-refractivity contribution in [2.75, 3.05) is 6.54 Å². The number of carbonyl (C=O) groups excluding carboxylic acids is 2. The van der Waals surface area contributed by atoms with E-state index < -0.39 is 0 Å². The summed E-state index contributed by atoms with van der Waals surface area (Å²) in [7, 11) is 1.77. The Morgan fingerprint density at radius 1 is 1.37 bits per heavy atom. The van der Waals surface area contributed by atoms with Crippen LogP contribution in [0.4, 0.5) is 0 Å². The van der Waals surface area contributed by atoms with Gasteiger partial charge in [0.1, 0.15) is 17.1 Å². The Morgan fingerprint density at radius 2 is 2.20 bits per heavy atom. The van der Waals surface area contributed by atoms with Crippen LogP contribution in [0.5, 0.6) is 0 Å². The van der Waals surface area contributed by atoms with Gasteiger partial charge in [0.05, 0.1) is 17.1 Å². The van der Waals surface area contributed by atoms with E-state index in [1.807, 2.05) is 42.3 Å². The number of carbonyl (C=O) groups is 2. The summed E-state index contributed by atoms with van der Waals surface area (Å²) in [5, 5.41) is 13.5. The Bertz CT molecular complexity index is 1030. The summed E-state index contributed by atoms with van der Waals surface area (Å²) in [6, 6.07) is 5.70. The van der Waals surface area contributed by atoms with Crippen LogP contribution in [-0.4, -0.2) is 44.2 Å². The molecule has 1 saturated heterocycles. The first kappa shape index (κ1) is 20.3. The number of nitrogens with zero attached hydrogens (tertiary/aromatic N) is 4. The van der Waals surface area contributed by atoms with Crippen molar-refractivity contribution in [3.63, 3.8) is 0 Å². The third-order valence-electron chi connectivity index (χ3n) is 5.56. The molecule has 4 rings (SSSR count). The summed E-state index contributed by atoms with van der Waals surface area (Å²) in [4.78, 5) is 28.3. The highest BCUT2D eigenvalue weighted by Crippen LogP contribution is 2.24. The monoisotopic (exact) mass is 427 g/mol. The van der Waals surface area contributed by atoms with Gasteiger partial charge in [0.2, 0.25) is 5.91 Å². The standard InChI is InChI=1S/C21H25N5O3S/c1-13-16(14(2)29-24-13)12-26-9-8-15(6-7-20(26)27)22-21(28)18-11-17(23-25(18)3)19-5-4-10-30-19/h4-5,10-11,15H,6-9,12H2,1-3H3,(H,22,28). The van der Waals surface area contributed by atoms with Crippen molar-refractivity contribution in [1.29, 1.82) is 0 Å². The summed E-state index contributed by atoms with van der Waals surface area (Å²) in [6.45, 7) is 4.82. The van der Waals surface area contributed by atoms with Gasteiger partial charge in [-0.25, -0.2) is 0 Å². The van der Waals surface area contributed by atoms with Gasteiger partial charge in [-0.2, -0.15) is 5.10 Å². The smallest absolute Gasteiger partial charge is 0.269 e. The second-order valence-corrected chi connectivity index (χ2v) is 8.58. The molecule has 1 N–H and O–H groups in total. The van der Waals surface area contributed by atoms with Crippen molar-refractivity contribution in [1.82, 2.24) is 25.2 Å². The molecule has 30 heavy (non-hydrogen) atoms. The minimum Gasteiger partial charge on any atom is -0.361 e. The molecule has 0 bridgehead atoms. The topological polar surface area (TPSA) is 93.3 Å². The molecule has 1 aliphatic heterocycles. The third kappa shape index (κ3) is 4.16. The van der Waals surface area contributed by atoms with Gasteiger partial charge in [-0.3, -0.25) is 14.3 Å². The molecule has 158 valence electrons. The summed E-state index contributed by atoms with van der Waals surface area (Å²) < 4.78 is 6.82. The lowest BCUT2D eigenvalue weighted by Crippen LogP contribution is -2.36. The largest absolute Gasteiger partial charge is 0.361 e. The molecule has 0 spiro atoms. The van der Waals surface area contributed by atoms with Crippen molar-refractivity contribution in [2.24, 2.45) is 7.05 Å². The predicted octanol–water partition coefficient (Wildman–Crippen LogP) is 3.06. The first-order valence-electron chi connectivity index (χ1n) is 10.0. The van der Waals surface area contributed by atoms with E-state index in [0.717, 1.165) is 27.6 Å². The molecule has 0 aliphatic carbocycles. The Hall–Kier alpha value is -2.94. The number of thiophene rings is 1. The van der Waals surface area contributed by atoms with Crippen molar-refractivity contribution in [3.8, 4) is 10.6 Å². The van der Waals surface area contributed by atoms with Crippen molar-refractivity contribution in [3.05, 3.63) is 46.3 Å². The Balaban J connectivity index is 1.40. The van der Waals surface area contributed by atoms with Gasteiger partial charge in [-0.05, 0) is 44.2 Å². The number of amides is 2. The first-order valence-corrected chi connectivity index (χ1v) is 10.9. The SMILES string of the molecule is Cc1noc(C)c1CN1CCC(NC(=O)c2cc(-c3cccs3)nn2C)CCC1=O. The third-order valence-corrected chi connectivity index (χ3v) is 6.45. The molecule has 0 radical (unpaired) electrons. The molecule has 1 fully saturated rings. The Kier molecular flexibility index (Phi) is 5.72. The molecule has 1 aliphatic rings. The molecule has 3 aromatic heterocycles. The molecule has 1 atom stereocenters. The zero-order valence-electron chi connectivity index (χ0n) is 17.3. The van der Waals surface area contributed by atoms with E-state index in [0.29, 0.717) is 38.0 Å². The van der Waals surface area contributed by atoms with E-state index in [1.165, 1.54) is 0 Å². The lowest BCUT2D eigenvalue weighted by Gasteiger charge is -2.21. The van der Waals surface area contributed by atoms with Gasteiger partial charge in [0.25, 0.3) is 5.91 Å². The fourth-order valence-electron chi connectivity index (χ4n) is 3.75. The van der Waals surface area contributed by atoms with Crippen molar-refractivity contribution in [2.45, 2.75) is 45.7 Å². The van der Waals surface area contributed by atoms with Crippen LogP contribution in [-0.2, 0) is 18.4 Å². The van der Waals surface area contributed by atoms with E-state index in [4.69, 9.17) is 4.52 Å². The van der Waals surface area contributed by atoms with Crippen molar-refractivity contribution < 1.29 is 14.1 Å². The highest BCUT2D eigenvalue weighted by atomic mass is 32.1. The summed E-state index contributed by atoms with van der Waals surface area (Å²) in [5.41, 5.74) is 3.08. The molecule has 9 heteroatoms. The predicted molar refractivity (Wildman–Crippen MR) is 113 cm³/mol. The van der Waals surface area contributed by atoms with Gasteiger partial charge in [-0.1, -0.05) is 11.2 Å². The molecule has 0 aromatic carbocycles. The fourth-order valence-corrected chi connectivity index (χ4v) is 4.43. The second kappa shape index (κ2) is 8.43. The van der Waals surface area contributed by atoms with Crippen LogP contribution in [0, 0.1) is 13.8 Å². The maximum Gasteiger partial charge on any atom is 0.269 e. The maximum atomic E-state index is 12.8. The minimum absolute atomic E-state index is 0.0591. The van der Waals surface area contributed by atoms with E-state index >= 15 is 0 Å². The van der Waals surface area contributed by atoms with Crippen LogP contribution in [0.25, 0.3) is 10.6 Å². The summed E-state index contributed by atoms with van der Waals surface area (Å²) in [5.74, 6) is 0.670. The summed E-state index contributed by atoms with van der Waals surface area (Å²) in [6.07, 6.45) is 1.73. The highest BCUT2D eigenvalue weighted by Gasteiger charge is 2.26. The normalized spacial score (nSPS) is 17.2. The minimum atomic E-state index is -0.163. The van der Waals surface area contributed by atoms with E-state index in [1.54, 1.807) is 23.1 Å². The number of rotatable bonds is 5. The zero-order valence-corrected chi connectivity index (χ0v) is 18.2. The molecular formula is C21H25N5O3S. The van der Waals surface area contributed by atoms with Gasteiger partial charge in [0.15, 0.2) is 0 Å². The van der Waals surface area contributed by atoms with E-state index in [-0.39, 0.29) is 17.9 Å². The van der Waals surface area contributed by atoms with Crippen LogP contribution in [0.1, 0.15) is 46.8 Å². The number of hydrogen-bond donors (Lipinski definition) is 1. The second-order valence-electron chi connectivity index (χ2n) is 7.63. The van der Waals surface area contributed by atoms with Gasteiger partial charge in [0, 0.05) is 31.6 Å². The number of aryl methyl sites for hydroxylation is 3. The fraction of sp³-hybridized carbons (Fsp3) is 0.429. The van der Waals surface area contributed by atoms with Gasteiger partial charge in [-0.15, -0.1) is 11.3 Å². The number of hydrogen-bond acceptors (Lipinski definition) is 6. The first-order chi connectivity index (χ1) is 14.4. The summed E-state index contributed by atoms with van der Waals surface area (Å²) >= 11 is 1.59. The van der Waals surface area contributed by atoms with E-state index in [2.05, 4.69) is 15.6 Å². The molecular weight excluding hydrogens is 402 g/mol. The van der Waals surface area contributed by atoms with E-state index in [9.17, 15) is 9.59 Å². The Morgan fingerprint density at radius 3 is 2.90 bits per heavy atom. The van der Waals surface area contributed by atoms with Crippen LogP contribution in [0.3, 0.4) is 0 Å². The average molecular weight is 428 g/mol. The lowest BCUT2D eigenvalue weighted by atomic mass is 10.1. The highest BCUT2D eigenvalue weighted by molar-refractivity contribution is 7.13. The molecule has 0 saturated carbocycles. The maximum absolute atomic E-state index is 12.8. The average Bonchev–Trinajstić information content (AvgIpc) is 3.42. The molecule has 2 amide bonds.